The summed E-state index contributed by atoms with van der Waals surface area (Å²) in [4.78, 5) is 47.9. The van der Waals surface area contributed by atoms with Gasteiger partial charge in [-0.25, -0.2) is 4.98 Å². The van der Waals surface area contributed by atoms with E-state index >= 15 is 0 Å². The van der Waals surface area contributed by atoms with Crippen LogP contribution in [0.2, 0.25) is 0 Å². The Labute approximate surface area is 321 Å². The molecule has 3 fully saturated rings. The summed E-state index contributed by atoms with van der Waals surface area (Å²) in [6, 6.07) is 12.1. The van der Waals surface area contributed by atoms with Crippen molar-refractivity contribution in [2.24, 2.45) is 17.4 Å². The van der Waals surface area contributed by atoms with Gasteiger partial charge in [0.25, 0.3) is 11.8 Å². The summed E-state index contributed by atoms with van der Waals surface area (Å²) in [5, 5.41) is 17.2. The first kappa shape index (κ1) is 36.4. The van der Waals surface area contributed by atoms with Gasteiger partial charge in [0.2, 0.25) is 5.91 Å². The third kappa shape index (κ3) is 7.81. The second-order valence-corrected chi connectivity index (χ2v) is 15.5. The minimum atomic E-state index is -0.383. The van der Waals surface area contributed by atoms with E-state index in [0.717, 1.165) is 92.7 Å². The zero-order valence-corrected chi connectivity index (χ0v) is 31.6. The number of nitrogens with two attached hydrogens (primary N) is 2. The van der Waals surface area contributed by atoms with Gasteiger partial charge in [-0.2, -0.15) is 5.10 Å². The second-order valence-electron chi connectivity index (χ2n) is 15.5. The van der Waals surface area contributed by atoms with E-state index < -0.39 is 0 Å². The topological polar surface area (TPSA) is 189 Å². The second kappa shape index (κ2) is 15.2. The van der Waals surface area contributed by atoms with Crippen molar-refractivity contribution < 1.29 is 14.4 Å². The van der Waals surface area contributed by atoms with Gasteiger partial charge in [-0.1, -0.05) is 37.3 Å². The van der Waals surface area contributed by atoms with Gasteiger partial charge in [0.1, 0.15) is 17.2 Å². The summed E-state index contributed by atoms with van der Waals surface area (Å²) in [5.41, 5.74) is 19.3. The Kier molecular flexibility index (Phi) is 10.1. The minimum absolute atomic E-state index is 0.0104. The number of likely N-dealkylation sites (tertiary alicyclic amines) is 1. The molecule has 55 heavy (non-hydrogen) atoms. The molecule has 8 rings (SSSR count). The number of nitrogens with one attached hydrogen (secondary N) is 4. The Morgan fingerprint density at radius 1 is 0.982 bits per heavy atom. The summed E-state index contributed by atoms with van der Waals surface area (Å²) >= 11 is 0. The zero-order chi connectivity index (χ0) is 38.2. The Balaban J connectivity index is 1.00. The molecular weight excluding hydrogens is 695 g/mol. The van der Waals surface area contributed by atoms with Crippen LogP contribution in [0.4, 0.5) is 11.4 Å². The van der Waals surface area contributed by atoms with Crippen LogP contribution in [0.1, 0.15) is 92.3 Å². The van der Waals surface area contributed by atoms with Crippen LogP contribution in [0.3, 0.4) is 0 Å². The lowest BCUT2D eigenvalue weighted by Gasteiger charge is -2.43. The van der Waals surface area contributed by atoms with E-state index in [1.807, 2.05) is 30.5 Å². The van der Waals surface area contributed by atoms with Crippen molar-refractivity contribution >= 4 is 29.1 Å². The molecule has 3 amide bonds. The van der Waals surface area contributed by atoms with Crippen LogP contribution in [-0.4, -0.2) is 69.6 Å². The summed E-state index contributed by atoms with van der Waals surface area (Å²) in [5.74, 6) is -0.561. The van der Waals surface area contributed by atoms with E-state index in [4.69, 9.17) is 21.5 Å². The van der Waals surface area contributed by atoms with Gasteiger partial charge in [-0.05, 0) is 69.6 Å². The molecule has 3 aromatic rings. The molecule has 4 heterocycles. The number of aromatic nitrogens is 3. The molecule has 1 unspecified atom stereocenters. The third-order valence-corrected chi connectivity index (χ3v) is 11.2. The lowest BCUT2D eigenvalue weighted by Crippen LogP contribution is -2.48. The Bertz CT molecular complexity index is 2070. The highest BCUT2D eigenvalue weighted by Gasteiger charge is 2.38. The molecule has 14 nitrogen and oxygen atoms in total. The van der Waals surface area contributed by atoms with E-state index in [2.05, 4.69) is 67.9 Å². The maximum Gasteiger partial charge on any atom is 0.270 e. The van der Waals surface area contributed by atoms with Crippen molar-refractivity contribution in [3.05, 3.63) is 95.1 Å². The van der Waals surface area contributed by atoms with Crippen molar-refractivity contribution in [3.63, 3.8) is 0 Å². The Morgan fingerprint density at radius 2 is 1.78 bits per heavy atom. The molecule has 2 atom stereocenters. The van der Waals surface area contributed by atoms with Gasteiger partial charge >= 0.3 is 0 Å². The van der Waals surface area contributed by atoms with Crippen molar-refractivity contribution in [1.82, 2.24) is 35.6 Å². The maximum absolute atomic E-state index is 13.2. The number of benzene rings is 1. The number of pyridine rings is 1. The molecule has 288 valence electrons. The molecular formula is C41H51N11O3. The highest BCUT2D eigenvalue weighted by Crippen LogP contribution is 2.49. The Morgan fingerprint density at radius 3 is 2.51 bits per heavy atom. The standard InChI is InChI=1S/C41H51N11O3/c1-3-34-38-30(20-44-52(38)28-22-51(23-28)21-27-11-7-14-32(45-27)40(54)46-25-9-5-4-6-10-25)29-12-8-13-31(37(29)50(34)2)48-33(36(43)41(55)47-26-17-18-26)19-35(42)49-39(53)24-15-16-24/h5,7-9,11-14,19-20,24-26,28,34,48H,3-4,6,10,15-18,21-23,42-43H2,1-2H3,(H,46,54)(H,47,55)(H,49,53)/b35-19+,36-33+/t25?,34-/m1/s1. The van der Waals surface area contributed by atoms with Crippen molar-refractivity contribution in [2.45, 2.75) is 89.0 Å². The smallest absolute Gasteiger partial charge is 0.270 e. The average Bonchev–Trinajstić information content (AvgIpc) is 4.12. The van der Waals surface area contributed by atoms with Gasteiger partial charge < -0.3 is 37.6 Å². The van der Waals surface area contributed by atoms with Gasteiger partial charge in [-0.3, -0.25) is 24.0 Å². The number of allylic oxidation sites excluding steroid dienone is 2. The number of rotatable bonds is 13. The molecule has 2 aliphatic heterocycles. The number of carbonyl (C=O) groups excluding carboxylic acids is 3. The first-order chi connectivity index (χ1) is 26.7. The molecule has 1 aromatic carbocycles. The van der Waals surface area contributed by atoms with Gasteiger partial charge in [-0.15, -0.1) is 0 Å². The van der Waals surface area contributed by atoms with Gasteiger partial charge in [0, 0.05) is 61.9 Å². The lowest BCUT2D eigenvalue weighted by atomic mass is 9.91. The van der Waals surface area contributed by atoms with E-state index in [-0.39, 0.29) is 59.3 Å². The van der Waals surface area contributed by atoms with Crippen LogP contribution in [0.25, 0.3) is 11.1 Å². The van der Waals surface area contributed by atoms with Crippen LogP contribution in [0.15, 0.2) is 78.0 Å². The quantitative estimate of drug-likeness (QED) is 0.0850. The van der Waals surface area contributed by atoms with Crippen LogP contribution >= 0.6 is 0 Å². The van der Waals surface area contributed by atoms with Crippen LogP contribution in [0, 0.1) is 5.92 Å². The average molecular weight is 746 g/mol. The summed E-state index contributed by atoms with van der Waals surface area (Å²) < 4.78 is 2.19. The molecule has 8 N–H and O–H groups in total. The number of hydrogen-bond donors (Lipinski definition) is 6. The largest absolute Gasteiger partial charge is 0.393 e. The molecule has 0 radical (unpaired) electrons. The molecule has 5 aliphatic rings. The fraction of sp³-hybridized carbons (Fsp3) is 0.439. The lowest BCUT2D eigenvalue weighted by molar-refractivity contribution is -0.121. The van der Waals surface area contributed by atoms with Crippen LogP contribution in [-0.2, 0) is 16.1 Å². The third-order valence-electron chi connectivity index (χ3n) is 11.2. The Hall–Kier alpha value is -5.63. The van der Waals surface area contributed by atoms with E-state index in [1.54, 1.807) is 6.07 Å². The molecule has 2 saturated carbocycles. The fourth-order valence-electron chi connectivity index (χ4n) is 7.90. The molecule has 14 heteroatoms. The first-order valence-electron chi connectivity index (χ1n) is 19.6. The first-order valence-corrected chi connectivity index (χ1v) is 19.6. The number of carbonyl (C=O) groups is 3. The van der Waals surface area contributed by atoms with E-state index in [9.17, 15) is 14.4 Å². The van der Waals surface area contributed by atoms with Crippen molar-refractivity contribution in [3.8, 4) is 11.1 Å². The summed E-state index contributed by atoms with van der Waals surface area (Å²) in [6.07, 6.45) is 15.2. The SMILES string of the molecule is CC[C@@H]1c2c(cnn2C2CN(Cc3cccc(C(=O)NC4C=CCCC4)n3)C2)-c2cccc(NC(/C=C(\N)NC(=O)C3CC3)=C(/N)C(=O)NC3CC3)c2N1C. The van der Waals surface area contributed by atoms with Crippen molar-refractivity contribution in [1.29, 1.82) is 0 Å². The fourth-order valence-corrected chi connectivity index (χ4v) is 7.90. The van der Waals surface area contributed by atoms with Gasteiger partial charge in [0.05, 0.1) is 46.7 Å². The highest BCUT2D eigenvalue weighted by molar-refractivity contribution is 5.97. The summed E-state index contributed by atoms with van der Waals surface area (Å²) in [7, 11) is 2.08. The van der Waals surface area contributed by atoms with E-state index in [0.29, 0.717) is 17.9 Å². The van der Waals surface area contributed by atoms with Gasteiger partial charge in [0.15, 0.2) is 0 Å². The molecule has 3 aliphatic carbocycles. The number of nitrogens with zero attached hydrogens (tertiary/aromatic N) is 5. The molecule has 1 saturated heterocycles. The van der Waals surface area contributed by atoms with E-state index in [1.165, 1.54) is 11.8 Å². The molecule has 2 aromatic heterocycles. The number of hydrogen-bond acceptors (Lipinski definition) is 10. The molecule has 0 bridgehead atoms. The highest BCUT2D eigenvalue weighted by atomic mass is 16.2. The monoisotopic (exact) mass is 745 g/mol. The number of anilines is 2. The number of amides is 3. The number of para-hydroxylation sites is 1. The zero-order valence-electron chi connectivity index (χ0n) is 31.6. The minimum Gasteiger partial charge on any atom is -0.393 e. The van der Waals surface area contributed by atoms with Crippen LogP contribution < -0.4 is 37.6 Å². The predicted octanol–water partition coefficient (Wildman–Crippen LogP) is 3.93. The summed E-state index contributed by atoms with van der Waals surface area (Å²) in [6.45, 7) is 4.46. The number of fused-ring (bicyclic) bond motifs is 3. The molecule has 0 spiro atoms. The maximum atomic E-state index is 13.2. The predicted molar refractivity (Wildman–Crippen MR) is 211 cm³/mol. The van der Waals surface area contributed by atoms with Crippen molar-refractivity contribution in [2.75, 3.05) is 30.4 Å². The van der Waals surface area contributed by atoms with Crippen LogP contribution in [0.5, 0.6) is 0 Å². The normalized spacial score (nSPS) is 21.5.